The van der Waals surface area contributed by atoms with E-state index >= 15 is 0 Å². The van der Waals surface area contributed by atoms with E-state index in [0.29, 0.717) is 0 Å². The van der Waals surface area contributed by atoms with Crippen LogP contribution in [-0.2, 0) is 12.8 Å². The maximum atomic E-state index is 4.74. The lowest BCUT2D eigenvalue weighted by Crippen LogP contribution is -2.03. The molecule has 4 rings (SSSR count). The van der Waals surface area contributed by atoms with E-state index in [2.05, 4.69) is 83.8 Å². The number of nitrogens with zero attached hydrogens (tertiary/aromatic N) is 2. The molecule has 0 fully saturated rings. The minimum atomic E-state index is 0. The van der Waals surface area contributed by atoms with Crippen LogP contribution in [0.1, 0.15) is 22.4 Å². The Kier molecular flexibility index (Phi) is 8.19. The summed E-state index contributed by atoms with van der Waals surface area (Å²) in [4.78, 5) is 8.90. The Bertz CT molecular complexity index is 975. The van der Waals surface area contributed by atoms with Crippen molar-refractivity contribution in [3.8, 4) is 11.1 Å². The van der Waals surface area contributed by atoms with Gasteiger partial charge in [-0.25, -0.2) is 0 Å². The van der Waals surface area contributed by atoms with E-state index in [0.717, 1.165) is 18.5 Å². The van der Waals surface area contributed by atoms with Crippen molar-refractivity contribution in [3.63, 3.8) is 0 Å². The summed E-state index contributed by atoms with van der Waals surface area (Å²) in [6.45, 7) is 0. The Morgan fingerprint density at radius 3 is 1.75 bits per heavy atom. The normalized spacial score (nSPS) is 9.86. The van der Waals surface area contributed by atoms with Gasteiger partial charge in [0.1, 0.15) is 0 Å². The molecule has 2 aromatic carbocycles. The van der Waals surface area contributed by atoms with Crippen LogP contribution in [0.2, 0.25) is 0 Å². The number of aromatic nitrogens is 2. The van der Waals surface area contributed by atoms with Gasteiger partial charge in [-0.2, -0.15) is 0 Å². The van der Waals surface area contributed by atoms with Crippen molar-refractivity contribution in [2.75, 3.05) is 0 Å². The number of hydrogen-bond donors (Lipinski definition) is 0. The average Bonchev–Trinajstić information content (AvgIpc) is 2.71. The number of benzene rings is 2. The lowest BCUT2D eigenvalue weighted by molar-refractivity contribution is 1.01. The van der Waals surface area contributed by atoms with Gasteiger partial charge in [0.25, 0.3) is 0 Å². The molecule has 0 bridgehead atoms. The first kappa shape index (κ1) is 21.6. The molecule has 2 nitrogen and oxygen atoms in total. The van der Waals surface area contributed by atoms with Crippen LogP contribution in [0, 0.1) is 0 Å². The minimum Gasteiger partial charge on any atom is -0.265 e. The van der Waals surface area contributed by atoms with Gasteiger partial charge in [0, 0.05) is 30.7 Å². The molecule has 0 spiro atoms. The topological polar surface area (TPSA) is 25.8 Å². The predicted molar refractivity (Wildman–Crippen MR) is 120 cm³/mol. The first-order valence-electron chi connectivity index (χ1n) is 8.85. The molecule has 0 saturated heterocycles. The van der Waals surface area contributed by atoms with E-state index in [1.54, 1.807) is 0 Å². The molecule has 0 atom stereocenters. The van der Waals surface area contributed by atoms with Gasteiger partial charge in [-0.05, 0) is 52.4 Å². The summed E-state index contributed by atoms with van der Waals surface area (Å²) < 4.78 is 0. The first-order chi connectivity index (χ1) is 12.9. The fourth-order valence-electron chi connectivity index (χ4n) is 3.28. The molecular formula is C24H22Cl2N2. The van der Waals surface area contributed by atoms with Crippen molar-refractivity contribution in [1.82, 2.24) is 9.97 Å². The molecule has 142 valence electrons. The van der Waals surface area contributed by atoms with Gasteiger partial charge < -0.3 is 0 Å². The summed E-state index contributed by atoms with van der Waals surface area (Å²) in [5.74, 6) is 0. The Hall–Kier alpha value is -2.68. The van der Waals surface area contributed by atoms with E-state index in [9.17, 15) is 0 Å². The summed E-state index contributed by atoms with van der Waals surface area (Å²) in [7, 11) is 0. The van der Waals surface area contributed by atoms with Gasteiger partial charge in [-0.1, -0.05) is 60.7 Å². The van der Waals surface area contributed by atoms with Crippen molar-refractivity contribution in [2.24, 2.45) is 0 Å². The lowest BCUT2D eigenvalue weighted by Gasteiger charge is -2.15. The zero-order valence-electron chi connectivity index (χ0n) is 15.4. The molecule has 2 heterocycles. The van der Waals surface area contributed by atoms with Gasteiger partial charge in [0.2, 0.25) is 0 Å². The second kappa shape index (κ2) is 10.6. The highest BCUT2D eigenvalue weighted by atomic mass is 35.5. The average molecular weight is 409 g/mol. The fourth-order valence-corrected chi connectivity index (χ4v) is 3.28. The molecule has 0 aliphatic heterocycles. The number of halogens is 2. The molecule has 0 N–H and O–H groups in total. The Morgan fingerprint density at radius 2 is 1.14 bits per heavy atom. The summed E-state index contributed by atoms with van der Waals surface area (Å²) in [5.41, 5.74) is 7.41. The third-order valence-corrected chi connectivity index (χ3v) is 4.57. The Labute approximate surface area is 178 Å². The summed E-state index contributed by atoms with van der Waals surface area (Å²) in [6, 6.07) is 27.4. The van der Waals surface area contributed by atoms with Crippen LogP contribution in [0.3, 0.4) is 0 Å². The highest BCUT2D eigenvalue weighted by molar-refractivity contribution is 5.85. The third-order valence-electron chi connectivity index (χ3n) is 4.57. The molecule has 0 aliphatic rings. The molecule has 0 saturated carbocycles. The van der Waals surface area contributed by atoms with Gasteiger partial charge in [0.05, 0.1) is 0 Å². The Balaban J connectivity index is 0.00000140. The summed E-state index contributed by atoms with van der Waals surface area (Å²) >= 11 is 0. The van der Waals surface area contributed by atoms with Crippen molar-refractivity contribution in [3.05, 3.63) is 120 Å². The van der Waals surface area contributed by atoms with Gasteiger partial charge >= 0.3 is 0 Å². The van der Waals surface area contributed by atoms with Crippen LogP contribution in [-0.4, -0.2) is 9.97 Å². The standard InChI is InChI=1S/C24H20N2.2ClH/c1-3-7-19(8-4-1)17-23-22(21-11-14-25-15-12-21)13-16-26-24(23)18-20-9-5-2-6-10-20;;/h1-16H,17-18H2;2*1H. The van der Waals surface area contributed by atoms with Crippen LogP contribution in [0.25, 0.3) is 11.1 Å². The van der Waals surface area contributed by atoms with Gasteiger partial charge in [-0.3, -0.25) is 9.97 Å². The zero-order valence-corrected chi connectivity index (χ0v) is 17.0. The number of hydrogen-bond acceptors (Lipinski definition) is 2. The van der Waals surface area contributed by atoms with Gasteiger partial charge in [0.15, 0.2) is 0 Å². The lowest BCUT2D eigenvalue weighted by atomic mass is 9.92. The molecule has 28 heavy (non-hydrogen) atoms. The van der Waals surface area contributed by atoms with E-state index in [1.165, 1.54) is 27.8 Å². The van der Waals surface area contributed by atoms with Gasteiger partial charge in [-0.15, -0.1) is 24.8 Å². The maximum Gasteiger partial charge on any atom is 0.0488 e. The van der Waals surface area contributed by atoms with Crippen LogP contribution >= 0.6 is 24.8 Å². The molecule has 2 aromatic heterocycles. The van der Waals surface area contributed by atoms with Crippen LogP contribution in [0.15, 0.2) is 97.5 Å². The number of rotatable bonds is 5. The monoisotopic (exact) mass is 408 g/mol. The highest BCUT2D eigenvalue weighted by Crippen LogP contribution is 2.28. The van der Waals surface area contributed by atoms with Crippen molar-refractivity contribution < 1.29 is 0 Å². The van der Waals surface area contributed by atoms with Crippen LogP contribution in [0.5, 0.6) is 0 Å². The van der Waals surface area contributed by atoms with Crippen LogP contribution < -0.4 is 0 Å². The molecule has 0 amide bonds. The van der Waals surface area contributed by atoms with Crippen molar-refractivity contribution in [1.29, 1.82) is 0 Å². The van der Waals surface area contributed by atoms with E-state index in [4.69, 9.17) is 4.98 Å². The second-order valence-corrected chi connectivity index (χ2v) is 6.34. The largest absolute Gasteiger partial charge is 0.265 e. The molecule has 0 radical (unpaired) electrons. The van der Waals surface area contributed by atoms with Crippen LogP contribution in [0.4, 0.5) is 0 Å². The minimum absolute atomic E-state index is 0. The summed E-state index contributed by atoms with van der Waals surface area (Å²) in [6.07, 6.45) is 7.32. The first-order valence-corrected chi connectivity index (χ1v) is 8.85. The molecule has 0 unspecified atom stereocenters. The Morgan fingerprint density at radius 1 is 0.571 bits per heavy atom. The fraction of sp³-hybridized carbons (Fsp3) is 0.0833. The molecule has 4 aromatic rings. The molecule has 0 aliphatic carbocycles. The van der Waals surface area contributed by atoms with E-state index in [1.807, 2.05) is 18.6 Å². The van der Waals surface area contributed by atoms with E-state index in [-0.39, 0.29) is 24.8 Å². The quantitative estimate of drug-likeness (QED) is 0.394. The SMILES string of the molecule is Cl.Cl.c1ccc(Cc2nccc(-c3ccncc3)c2Cc2ccccc2)cc1. The summed E-state index contributed by atoms with van der Waals surface area (Å²) in [5, 5.41) is 0. The van der Waals surface area contributed by atoms with Crippen molar-refractivity contribution >= 4 is 24.8 Å². The third kappa shape index (κ3) is 5.19. The van der Waals surface area contributed by atoms with Crippen molar-refractivity contribution in [2.45, 2.75) is 12.8 Å². The highest BCUT2D eigenvalue weighted by Gasteiger charge is 2.13. The smallest absolute Gasteiger partial charge is 0.0488 e. The zero-order chi connectivity index (χ0) is 17.6. The molecule has 4 heteroatoms. The molecular weight excluding hydrogens is 387 g/mol. The predicted octanol–water partition coefficient (Wildman–Crippen LogP) is 6.17. The van der Waals surface area contributed by atoms with E-state index < -0.39 is 0 Å². The maximum absolute atomic E-state index is 4.74. The number of pyridine rings is 2. The second-order valence-electron chi connectivity index (χ2n) is 6.34.